The number of carbonyl (C=O) groups is 1. The average Bonchev–Trinajstić information content (AvgIpc) is 2.64. The molecule has 0 spiro atoms. The van der Waals surface area contributed by atoms with Gasteiger partial charge in [0.25, 0.3) is 0 Å². The third kappa shape index (κ3) is 3.20. The third-order valence-electron chi connectivity index (χ3n) is 2.90. The molecule has 1 aromatic heterocycles. The van der Waals surface area contributed by atoms with Crippen LogP contribution < -0.4 is 0 Å². The Kier molecular flexibility index (Phi) is 4.00. The fourth-order valence-electron chi connectivity index (χ4n) is 1.99. The van der Waals surface area contributed by atoms with E-state index < -0.39 is 5.82 Å². The number of halogens is 2. The average molecular weight is 281 g/mol. The summed E-state index contributed by atoms with van der Waals surface area (Å²) in [7, 11) is 1.79. The van der Waals surface area contributed by atoms with Crippen LogP contribution >= 0.6 is 11.6 Å². The fourth-order valence-corrected chi connectivity index (χ4v) is 2.19. The lowest BCUT2D eigenvalue weighted by molar-refractivity contribution is -0.117. The topological polar surface area (TPSA) is 34.9 Å². The van der Waals surface area contributed by atoms with Gasteiger partial charge in [-0.2, -0.15) is 5.10 Å². The number of aromatic nitrogens is 2. The monoisotopic (exact) mass is 280 g/mol. The summed E-state index contributed by atoms with van der Waals surface area (Å²) >= 11 is 5.69. The summed E-state index contributed by atoms with van der Waals surface area (Å²) in [6, 6.07) is 6.54. The summed E-state index contributed by atoms with van der Waals surface area (Å²) < 4.78 is 15.4. The van der Waals surface area contributed by atoms with Gasteiger partial charge in [0.05, 0.1) is 10.7 Å². The molecule has 0 aliphatic rings. The van der Waals surface area contributed by atoms with Crippen LogP contribution in [-0.4, -0.2) is 15.6 Å². The number of benzene rings is 1. The minimum Gasteiger partial charge on any atom is -0.299 e. The number of aryl methyl sites for hydroxylation is 2. The van der Waals surface area contributed by atoms with Crippen molar-refractivity contribution in [1.29, 1.82) is 0 Å². The Morgan fingerprint density at radius 3 is 2.79 bits per heavy atom. The third-order valence-corrected chi connectivity index (χ3v) is 3.19. The van der Waals surface area contributed by atoms with Gasteiger partial charge in [-0.15, -0.1) is 0 Å². The molecule has 2 rings (SSSR count). The van der Waals surface area contributed by atoms with Crippen molar-refractivity contribution in [3.8, 4) is 0 Å². The van der Waals surface area contributed by atoms with Gasteiger partial charge in [0.1, 0.15) is 11.6 Å². The van der Waals surface area contributed by atoms with Crippen LogP contribution in [0.1, 0.15) is 17.0 Å². The molecule has 19 heavy (non-hydrogen) atoms. The van der Waals surface area contributed by atoms with E-state index in [4.69, 9.17) is 11.6 Å². The largest absolute Gasteiger partial charge is 0.299 e. The highest BCUT2D eigenvalue weighted by Gasteiger charge is 2.13. The van der Waals surface area contributed by atoms with Crippen LogP contribution in [0.2, 0.25) is 5.02 Å². The highest BCUT2D eigenvalue weighted by Crippen LogP contribution is 2.18. The van der Waals surface area contributed by atoms with Crippen molar-refractivity contribution in [1.82, 2.24) is 9.78 Å². The lowest BCUT2D eigenvalue weighted by Crippen LogP contribution is -2.11. The van der Waals surface area contributed by atoms with Crippen molar-refractivity contribution in [2.45, 2.75) is 19.8 Å². The van der Waals surface area contributed by atoms with E-state index in [1.165, 1.54) is 6.07 Å². The van der Waals surface area contributed by atoms with Crippen LogP contribution in [0.15, 0.2) is 24.3 Å². The molecule has 0 bridgehead atoms. The van der Waals surface area contributed by atoms with Crippen molar-refractivity contribution in [3.63, 3.8) is 0 Å². The summed E-state index contributed by atoms with van der Waals surface area (Å²) in [6.07, 6.45) is 0.278. The molecule has 0 N–H and O–H groups in total. The zero-order valence-corrected chi connectivity index (χ0v) is 11.5. The second-order valence-corrected chi connectivity index (χ2v) is 4.91. The standard InChI is InChI=1S/C14H14ClFN2O/c1-9-6-11(18(2)17-9)8-12(19)7-10-4-3-5-13(15)14(10)16/h3-6H,7-8H2,1-2H3. The molecule has 0 saturated carbocycles. The van der Waals surface area contributed by atoms with Gasteiger partial charge >= 0.3 is 0 Å². The molecule has 0 saturated heterocycles. The minimum absolute atomic E-state index is 0.0383. The van der Waals surface area contributed by atoms with Gasteiger partial charge < -0.3 is 0 Å². The van der Waals surface area contributed by atoms with Crippen molar-refractivity contribution >= 4 is 17.4 Å². The van der Waals surface area contributed by atoms with Crippen LogP contribution in [0.5, 0.6) is 0 Å². The van der Waals surface area contributed by atoms with E-state index in [0.717, 1.165) is 11.4 Å². The van der Waals surface area contributed by atoms with Crippen LogP contribution in [-0.2, 0) is 24.7 Å². The van der Waals surface area contributed by atoms with Crippen LogP contribution in [0.4, 0.5) is 4.39 Å². The van der Waals surface area contributed by atoms with Gasteiger partial charge in [-0.1, -0.05) is 23.7 Å². The number of rotatable bonds is 4. The molecule has 1 aromatic carbocycles. The Hall–Kier alpha value is -1.68. The molecule has 0 amide bonds. The van der Waals surface area contributed by atoms with Crippen LogP contribution in [0.3, 0.4) is 0 Å². The van der Waals surface area contributed by atoms with E-state index in [2.05, 4.69) is 5.10 Å². The molecule has 100 valence electrons. The summed E-state index contributed by atoms with van der Waals surface area (Å²) in [5, 5.41) is 4.22. The van der Waals surface area contributed by atoms with Gasteiger partial charge in [0, 0.05) is 25.6 Å². The Balaban J connectivity index is 2.10. The number of Topliss-reactive ketones (excluding diaryl/α,β-unsaturated/α-hetero) is 1. The lowest BCUT2D eigenvalue weighted by atomic mass is 10.1. The zero-order chi connectivity index (χ0) is 14.0. The van der Waals surface area contributed by atoms with E-state index in [1.807, 2.05) is 13.0 Å². The second kappa shape index (κ2) is 5.53. The molecule has 0 aliphatic heterocycles. The van der Waals surface area contributed by atoms with Crippen molar-refractivity contribution in [2.75, 3.05) is 0 Å². The van der Waals surface area contributed by atoms with Gasteiger partial charge in [-0.25, -0.2) is 4.39 Å². The van der Waals surface area contributed by atoms with Crippen LogP contribution in [0.25, 0.3) is 0 Å². The quantitative estimate of drug-likeness (QED) is 0.863. The van der Waals surface area contributed by atoms with Gasteiger partial charge in [-0.05, 0) is 24.6 Å². The van der Waals surface area contributed by atoms with Gasteiger partial charge in [0.2, 0.25) is 0 Å². The van der Waals surface area contributed by atoms with Crippen molar-refractivity contribution < 1.29 is 9.18 Å². The van der Waals surface area contributed by atoms with E-state index >= 15 is 0 Å². The maximum atomic E-state index is 13.7. The first-order valence-corrected chi connectivity index (χ1v) is 6.29. The lowest BCUT2D eigenvalue weighted by Gasteiger charge is -2.04. The predicted molar refractivity (Wildman–Crippen MR) is 71.8 cm³/mol. The van der Waals surface area contributed by atoms with Gasteiger partial charge in [0.15, 0.2) is 0 Å². The molecule has 0 fully saturated rings. The van der Waals surface area contributed by atoms with Gasteiger partial charge in [-0.3, -0.25) is 9.48 Å². The zero-order valence-electron chi connectivity index (χ0n) is 10.8. The fraction of sp³-hybridized carbons (Fsp3) is 0.286. The Bertz CT molecular complexity index is 622. The minimum atomic E-state index is -0.515. The molecular weight excluding hydrogens is 267 g/mol. The SMILES string of the molecule is Cc1cc(CC(=O)Cc2cccc(Cl)c2F)n(C)n1. The number of hydrogen-bond acceptors (Lipinski definition) is 2. The molecule has 3 nitrogen and oxygen atoms in total. The summed E-state index contributed by atoms with van der Waals surface area (Å²) in [4.78, 5) is 12.0. The first kappa shape index (κ1) is 13.7. The van der Waals surface area contributed by atoms with E-state index in [0.29, 0.717) is 5.56 Å². The molecule has 0 unspecified atom stereocenters. The van der Waals surface area contributed by atoms with E-state index in [1.54, 1.807) is 23.9 Å². The Morgan fingerprint density at radius 2 is 2.16 bits per heavy atom. The molecule has 0 radical (unpaired) electrons. The summed E-state index contributed by atoms with van der Waals surface area (Å²) in [5.41, 5.74) is 2.01. The molecule has 0 atom stereocenters. The number of carbonyl (C=O) groups excluding carboxylic acids is 1. The summed E-state index contributed by atoms with van der Waals surface area (Å²) in [5.74, 6) is -0.581. The smallest absolute Gasteiger partial charge is 0.145 e. The highest BCUT2D eigenvalue weighted by atomic mass is 35.5. The number of ketones is 1. The van der Waals surface area contributed by atoms with E-state index in [-0.39, 0.29) is 23.6 Å². The maximum Gasteiger partial charge on any atom is 0.145 e. The first-order valence-electron chi connectivity index (χ1n) is 5.91. The number of nitrogens with zero attached hydrogens (tertiary/aromatic N) is 2. The Morgan fingerprint density at radius 1 is 1.42 bits per heavy atom. The van der Waals surface area contributed by atoms with Crippen LogP contribution in [0, 0.1) is 12.7 Å². The molecule has 1 heterocycles. The summed E-state index contributed by atoms with van der Waals surface area (Å²) in [6.45, 7) is 1.87. The predicted octanol–water partition coefficient (Wildman–Crippen LogP) is 2.88. The van der Waals surface area contributed by atoms with Crippen molar-refractivity contribution in [3.05, 3.63) is 52.1 Å². The second-order valence-electron chi connectivity index (χ2n) is 4.51. The molecule has 0 aliphatic carbocycles. The normalized spacial score (nSPS) is 10.7. The molecule has 2 aromatic rings. The molecular formula is C14H14ClFN2O. The maximum absolute atomic E-state index is 13.7. The Labute approximate surface area is 116 Å². The molecule has 5 heteroatoms. The highest BCUT2D eigenvalue weighted by molar-refractivity contribution is 6.30. The first-order chi connectivity index (χ1) is 8.97. The number of hydrogen-bond donors (Lipinski definition) is 0. The van der Waals surface area contributed by atoms with E-state index in [9.17, 15) is 9.18 Å². The van der Waals surface area contributed by atoms with Crippen molar-refractivity contribution in [2.24, 2.45) is 7.05 Å².